The van der Waals surface area contributed by atoms with Crippen LogP contribution in [-0.2, 0) is 24.2 Å². The summed E-state index contributed by atoms with van der Waals surface area (Å²) < 4.78 is 10.6. The quantitative estimate of drug-likeness (QED) is 0.142. The van der Waals surface area contributed by atoms with E-state index in [4.69, 9.17) is 15.0 Å². The molecule has 2 amide bonds. The van der Waals surface area contributed by atoms with E-state index in [9.17, 15) is 14.4 Å². The van der Waals surface area contributed by atoms with Crippen molar-refractivity contribution in [3.05, 3.63) is 119 Å². The van der Waals surface area contributed by atoms with Crippen LogP contribution in [0.3, 0.4) is 0 Å². The summed E-state index contributed by atoms with van der Waals surface area (Å²) >= 11 is 0. The zero-order chi connectivity index (χ0) is 29.6. The average molecular weight is 570 g/mol. The van der Waals surface area contributed by atoms with Gasteiger partial charge in [-0.05, 0) is 61.1 Å². The van der Waals surface area contributed by atoms with Gasteiger partial charge in [0.2, 0.25) is 17.5 Å². The maximum Gasteiger partial charge on any atom is 0.408 e. The van der Waals surface area contributed by atoms with Gasteiger partial charge >= 0.3 is 6.09 Å². The van der Waals surface area contributed by atoms with Crippen molar-refractivity contribution in [2.45, 2.75) is 44.8 Å². The number of amides is 2. The lowest BCUT2D eigenvalue weighted by atomic mass is 10.0. The highest BCUT2D eigenvalue weighted by atomic mass is 16.5. The molecule has 1 unspecified atom stereocenters. The standard InChI is InChI=1S/C32H35N5O5/c33-19-8-7-13-27(35-32(40)41-22-25-11-5-2-6-12-25)29(38)30-36-28(42-37-30)21-24-14-16-26(17-15-24)31(39)34-20-18-23-9-3-1-4-10-23/h1-6,9-12,14-17,27H,7-8,13,18-22,33H2,(H,34,39)(H,35,40). The molecule has 0 bridgehead atoms. The van der Waals surface area contributed by atoms with E-state index in [2.05, 4.69) is 20.8 Å². The van der Waals surface area contributed by atoms with Crippen molar-refractivity contribution in [1.29, 1.82) is 0 Å². The Bertz CT molecular complexity index is 1420. The molecular formula is C32H35N5O5. The Kier molecular flexibility index (Phi) is 11.4. The molecule has 10 nitrogen and oxygen atoms in total. The number of hydrogen-bond donors (Lipinski definition) is 3. The second kappa shape index (κ2) is 15.8. The first-order valence-electron chi connectivity index (χ1n) is 14.0. The van der Waals surface area contributed by atoms with Crippen molar-refractivity contribution < 1.29 is 23.6 Å². The van der Waals surface area contributed by atoms with Gasteiger partial charge in [0.25, 0.3) is 5.91 Å². The monoisotopic (exact) mass is 569 g/mol. The molecule has 4 aromatic rings. The van der Waals surface area contributed by atoms with Gasteiger partial charge in [-0.2, -0.15) is 4.98 Å². The highest BCUT2D eigenvalue weighted by Crippen LogP contribution is 2.13. The van der Waals surface area contributed by atoms with E-state index in [1.807, 2.05) is 60.7 Å². The molecule has 0 radical (unpaired) electrons. The molecular weight excluding hydrogens is 534 g/mol. The molecule has 3 aromatic carbocycles. The summed E-state index contributed by atoms with van der Waals surface area (Å²) in [6.45, 7) is 1.09. The van der Waals surface area contributed by atoms with Gasteiger partial charge < -0.3 is 25.6 Å². The van der Waals surface area contributed by atoms with E-state index in [1.165, 1.54) is 0 Å². The molecule has 10 heteroatoms. The van der Waals surface area contributed by atoms with Crippen molar-refractivity contribution in [3.8, 4) is 0 Å². The Morgan fingerprint density at radius 1 is 0.857 bits per heavy atom. The summed E-state index contributed by atoms with van der Waals surface area (Å²) in [6.07, 6.45) is 2.00. The largest absolute Gasteiger partial charge is 0.445 e. The van der Waals surface area contributed by atoms with Crippen LogP contribution < -0.4 is 16.4 Å². The first-order valence-corrected chi connectivity index (χ1v) is 14.0. The van der Waals surface area contributed by atoms with Gasteiger partial charge in [-0.3, -0.25) is 9.59 Å². The highest BCUT2D eigenvalue weighted by molar-refractivity contribution is 5.98. The van der Waals surface area contributed by atoms with Crippen LogP contribution in [0.2, 0.25) is 0 Å². The topological polar surface area (TPSA) is 149 Å². The van der Waals surface area contributed by atoms with Gasteiger partial charge in [0.1, 0.15) is 6.61 Å². The fourth-order valence-electron chi connectivity index (χ4n) is 4.27. The number of carbonyl (C=O) groups is 3. The first-order chi connectivity index (χ1) is 20.5. The molecule has 4 rings (SSSR count). The zero-order valence-electron chi connectivity index (χ0n) is 23.3. The van der Waals surface area contributed by atoms with Crippen LogP contribution in [0, 0.1) is 0 Å². The van der Waals surface area contributed by atoms with Crippen molar-refractivity contribution >= 4 is 17.8 Å². The summed E-state index contributed by atoms with van der Waals surface area (Å²) in [5.41, 5.74) is 8.97. The van der Waals surface area contributed by atoms with Crippen LogP contribution in [0.15, 0.2) is 89.5 Å². The van der Waals surface area contributed by atoms with Crippen LogP contribution >= 0.6 is 0 Å². The molecule has 4 N–H and O–H groups in total. The Morgan fingerprint density at radius 3 is 2.24 bits per heavy atom. The highest BCUT2D eigenvalue weighted by Gasteiger charge is 2.27. The van der Waals surface area contributed by atoms with Crippen LogP contribution in [0.5, 0.6) is 0 Å². The number of alkyl carbamates (subject to hydrolysis) is 1. The fraction of sp³-hybridized carbons (Fsp3) is 0.281. The Balaban J connectivity index is 1.30. The second-order valence-electron chi connectivity index (χ2n) is 9.78. The molecule has 1 aromatic heterocycles. The lowest BCUT2D eigenvalue weighted by Gasteiger charge is -2.16. The van der Waals surface area contributed by atoms with Gasteiger partial charge in [-0.1, -0.05) is 78.0 Å². The smallest absolute Gasteiger partial charge is 0.408 e. The van der Waals surface area contributed by atoms with Crippen LogP contribution in [0.4, 0.5) is 4.79 Å². The Morgan fingerprint density at radius 2 is 1.55 bits per heavy atom. The summed E-state index contributed by atoms with van der Waals surface area (Å²) in [6, 6.07) is 25.4. The molecule has 0 saturated heterocycles. The van der Waals surface area contributed by atoms with Gasteiger partial charge in [0, 0.05) is 12.1 Å². The summed E-state index contributed by atoms with van der Waals surface area (Å²) in [7, 11) is 0. The number of hydrogen-bond acceptors (Lipinski definition) is 8. The number of rotatable bonds is 15. The molecule has 1 atom stereocenters. The lowest BCUT2D eigenvalue weighted by molar-refractivity contribution is 0.0896. The average Bonchev–Trinajstić information content (AvgIpc) is 3.49. The van der Waals surface area contributed by atoms with E-state index in [0.717, 1.165) is 23.1 Å². The second-order valence-corrected chi connectivity index (χ2v) is 9.78. The third kappa shape index (κ3) is 9.38. The minimum atomic E-state index is -0.884. The predicted molar refractivity (Wildman–Crippen MR) is 157 cm³/mol. The normalized spacial score (nSPS) is 11.5. The first kappa shape index (κ1) is 30.1. The van der Waals surface area contributed by atoms with Gasteiger partial charge in [-0.25, -0.2) is 4.79 Å². The van der Waals surface area contributed by atoms with Gasteiger partial charge in [-0.15, -0.1) is 0 Å². The minimum absolute atomic E-state index is 0.0802. The van der Waals surface area contributed by atoms with Crippen LogP contribution in [0.1, 0.15) is 62.8 Å². The van der Waals surface area contributed by atoms with Gasteiger partial charge in [0.05, 0.1) is 12.5 Å². The summed E-state index contributed by atoms with van der Waals surface area (Å²) in [5.74, 6) is -0.508. The van der Waals surface area contributed by atoms with Crippen molar-refractivity contribution in [3.63, 3.8) is 0 Å². The number of benzene rings is 3. The third-order valence-corrected chi connectivity index (χ3v) is 6.57. The Labute approximate surface area is 244 Å². The lowest BCUT2D eigenvalue weighted by Crippen LogP contribution is -2.41. The third-order valence-electron chi connectivity index (χ3n) is 6.57. The SMILES string of the molecule is NCCCCC(NC(=O)OCc1ccccc1)C(=O)c1noc(Cc2ccc(C(=O)NCCc3ccccc3)cc2)n1. The minimum Gasteiger partial charge on any atom is -0.445 e. The number of nitrogens with one attached hydrogen (secondary N) is 2. The number of carbonyl (C=O) groups excluding carboxylic acids is 3. The molecule has 1 heterocycles. The van der Waals surface area contributed by atoms with E-state index in [1.54, 1.807) is 24.3 Å². The summed E-state index contributed by atoms with van der Waals surface area (Å²) in [4.78, 5) is 42.4. The number of ether oxygens (including phenoxy) is 1. The summed E-state index contributed by atoms with van der Waals surface area (Å²) in [5, 5.41) is 9.41. The molecule has 0 fully saturated rings. The van der Waals surface area contributed by atoms with Crippen molar-refractivity contribution in [2.75, 3.05) is 13.1 Å². The number of aromatic nitrogens is 2. The van der Waals surface area contributed by atoms with E-state index < -0.39 is 17.9 Å². The zero-order valence-corrected chi connectivity index (χ0v) is 23.3. The van der Waals surface area contributed by atoms with Gasteiger partial charge in [0.15, 0.2) is 0 Å². The molecule has 0 aliphatic rings. The van der Waals surface area contributed by atoms with Crippen LogP contribution in [-0.4, -0.2) is 47.1 Å². The number of unbranched alkanes of at least 4 members (excludes halogenated alkanes) is 1. The number of nitrogens with two attached hydrogens (primary N) is 1. The molecule has 0 aliphatic carbocycles. The molecule has 218 valence electrons. The Hall–Kier alpha value is -4.83. The number of ketones is 1. The molecule has 42 heavy (non-hydrogen) atoms. The molecule has 0 aliphatic heterocycles. The number of nitrogens with zero attached hydrogens (tertiary/aromatic N) is 2. The van der Waals surface area contributed by atoms with Crippen molar-refractivity contribution in [1.82, 2.24) is 20.8 Å². The maximum absolute atomic E-state index is 13.2. The fourth-order valence-corrected chi connectivity index (χ4v) is 4.27. The predicted octanol–water partition coefficient (Wildman–Crippen LogP) is 4.24. The maximum atomic E-state index is 13.2. The van der Waals surface area contributed by atoms with E-state index >= 15 is 0 Å². The van der Waals surface area contributed by atoms with E-state index in [-0.39, 0.29) is 30.7 Å². The molecule has 0 saturated carbocycles. The van der Waals surface area contributed by atoms with Crippen LogP contribution in [0.25, 0.3) is 0 Å². The molecule has 0 spiro atoms. The van der Waals surface area contributed by atoms with E-state index in [0.29, 0.717) is 37.9 Å². The van der Waals surface area contributed by atoms with Crippen molar-refractivity contribution in [2.24, 2.45) is 5.73 Å². The number of Topliss-reactive ketones (excluding diaryl/α,β-unsaturated/α-hetero) is 1.